The Bertz CT molecular complexity index is 733. The molecule has 0 bridgehead atoms. The number of fused-ring (bicyclic) bond motifs is 1. The zero-order chi connectivity index (χ0) is 12.7. The van der Waals surface area contributed by atoms with Crippen molar-refractivity contribution >= 4 is 22.4 Å². The molecule has 0 aliphatic rings. The molecule has 0 saturated carbocycles. The fourth-order valence-electron chi connectivity index (χ4n) is 1.89. The minimum absolute atomic E-state index is 0.151. The smallest absolute Gasteiger partial charge is 0.137 e. The summed E-state index contributed by atoms with van der Waals surface area (Å²) in [5, 5.41) is 11.8. The maximum absolute atomic E-state index is 11.8. The molecule has 1 heterocycles. The molecule has 5 heteroatoms. The van der Waals surface area contributed by atoms with Gasteiger partial charge in [0.15, 0.2) is 0 Å². The Hall–Kier alpha value is -2.69. The number of benzene rings is 2. The molecule has 90 valence electrons. The van der Waals surface area contributed by atoms with Crippen LogP contribution in [0.1, 0.15) is 0 Å². The number of anilines is 2. The van der Waals surface area contributed by atoms with Gasteiger partial charge in [0, 0.05) is 16.9 Å². The summed E-state index contributed by atoms with van der Waals surface area (Å²) in [5.41, 5.74) is 14.4. The van der Waals surface area contributed by atoms with Crippen molar-refractivity contribution in [3.63, 3.8) is 0 Å². The highest BCUT2D eigenvalue weighted by Crippen LogP contribution is 2.28. The van der Waals surface area contributed by atoms with Gasteiger partial charge in [-0.1, -0.05) is 5.75 Å². The highest BCUT2D eigenvalue weighted by atomic mass is 16.3. The van der Waals surface area contributed by atoms with Crippen LogP contribution in [0.5, 0.6) is 5.75 Å². The molecule has 0 fully saturated rings. The Labute approximate surface area is 103 Å². The first-order valence-electron chi connectivity index (χ1n) is 5.45. The number of nitrogens with one attached hydrogen (secondary N) is 1. The van der Waals surface area contributed by atoms with Crippen LogP contribution in [-0.2, 0) is 0 Å². The minimum atomic E-state index is -0.151. The van der Waals surface area contributed by atoms with Gasteiger partial charge in [-0.2, -0.15) is 0 Å². The molecular weight excluding hydrogens is 228 g/mol. The van der Waals surface area contributed by atoms with Crippen LogP contribution in [0.15, 0.2) is 36.4 Å². The van der Waals surface area contributed by atoms with Crippen LogP contribution >= 0.6 is 0 Å². The molecule has 0 amide bonds. The van der Waals surface area contributed by atoms with Crippen molar-refractivity contribution < 1.29 is 5.11 Å². The van der Waals surface area contributed by atoms with E-state index in [9.17, 15) is 5.11 Å². The second-order valence-electron chi connectivity index (χ2n) is 4.12. The number of imidazole rings is 1. The van der Waals surface area contributed by atoms with E-state index in [-0.39, 0.29) is 5.75 Å². The Kier molecular flexibility index (Phi) is 2.13. The molecule has 2 aromatic carbocycles. The number of nitrogen functional groups attached to an aromatic ring is 2. The van der Waals surface area contributed by atoms with Gasteiger partial charge in [0.25, 0.3) is 0 Å². The molecule has 1 aromatic heterocycles. The highest BCUT2D eigenvalue weighted by molar-refractivity contribution is 5.83. The summed E-state index contributed by atoms with van der Waals surface area (Å²) in [6.07, 6.45) is 0. The number of H-pyrrole nitrogens is 1. The third-order valence-corrected chi connectivity index (χ3v) is 2.77. The van der Waals surface area contributed by atoms with Crippen molar-refractivity contribution in [2.24, 2.45) is 0 Å². The molecule has 0 spiro atoms. The van der Waals surface area contributed by atoms with Gasteiger partial charge < -0.3 is 21.6 Å². The lowest BCUT2D eigenvalue weighted by Gasteiger charge is -2.11. The quantitative estimate of drug-likeness (QED) is 0.559. The lowest BCUT2D eigenvalue weighted by molar-refractivity contribution is -0.267. The average Bonchev–Trinajstić information content (AvgIpc) is 2.71. The van der Waals surface area contributed by atoms with E-state index in [0.717, 1.165) is 11.0 Å². The topological polar surface area (TPSA) is 104 Å². The van der Waals surface area contributed by atoms with Crippen LogP contribution < -0.4 is 16.6 Å². The predicted octanol–water partition coefficient (Wildman–Crippen LogP) is 1.47. The lowest BCUT2D eigenvalue weighted by Crippen LogP contribution is -1.96. The maximum atomic E-state index is 11.8. The summed E-state index contributed by atoms with van der Waals surface area (Å²) < 4.78 is 0. The Morgan fingerprint density at radius 3 is 2.50 bits per heavy atom. The molecule has 3 aromatic rings. The summed E-state index contributed by atoms with van der Waals surface area (Å²) in [6.45, 7) is 0. The third kappa shape index (κ3) is 1.62. The van der Waals surface area contributed by atoms with Crippen LogP contribution in [0.4, 0.5) is 11.4 Å². The van der Waals surface area contributed by atoms with E-state index in [0.29, 0.717) is 22.8 Å². The van der Waals surface area contributed by atoms with E-state index < -0.39 is 0 Å². The van der Waals surface area contributed by atoms with Crippen molar-refractivity contribution in [3.8, 4) is 17.1 Å². The normalized spacial score (nSPS) is 10.9. The van der Waals surface area contributed by atoms with Crippen LogP contribution in [-0.4, -0.2) is 9.97 Å². The van der Waals surface area contributed by atoms with Crippen molar-refractivity contribution in [2.45, 2.75) is 0 Å². The molecule has 0 aliphatic heterocycles. The molecular formula is C13H11N4O-. The predicted molar refractivity (Wildman–Crippen MR) is 69.8 cm³/mol. The summed E-state index contributed by atoms with van der Waals surface area (Å²) in [4.78, 5) is 7.44. The second-order valence-corrected chi connectivity index (χ2v) is 4.12. The van der Waals surface area contributed by atoms with Gasteiger partial charge in [0.2, 0.25) is 0 Å². The van der Waals surface area contributed by atoms with Crippen LogP contribution in [0.2, 0.25) is 0 Å². The van der Waals surface area contributed by atoms with E-state index in [1.165, 1.54) is 6.07 Å². The first kappa shape index (κ1) is 10.5. The number of rotatable bonds is 1. The third-order valence-electron chi connectivity index (χ3n) is 2.77. The van der Waals surface area contributed by atoms with Gasteiger partial charge in [0.05, 0.1) is 11.0 Å². The molecule has 0 unspecified atom stereocenters. The molecule has 0 aliphatic carbocycles. The second kappa shape index (κ2) is 3.66. The van der Waals surface area contributed by atoms with E-state index in [1.807, 2.05) is 6.07 Å². The average molecular weight is 239 g/mol. The molecule has 18 heavy (non-hydrogen) atoms. The van der Waals surface area contributed by atoms with Crippen molar-refractivity contribution in [3.05, 3.63) is 36.4 Å². The number of nitrogens with two attached hydrogens (primary N) is 2. The summed E-state index contributed by atoms with van der Waals surface area (Å²) in [7, 11) is 0. The number of nitrogens with zero attached hydrogens (tertiary/aromatic N) is 1. The maximum Gasteiger partial charge on any atom is 0.137 e. The minimum Gasteiger partial charge on any atom is -0.872 e. The standard InChI is InChI=1S/C13H12N4O/c14-7-2-4-10-11(5-7)17-13(16-10)9-3-1-8(15)6-12(9)18/h1-6,18H,14-15H2,(H,16,17)/p-1. The van der Waals surface area contributed by atoms with Crippen LogP contribution in [0.25, 0.3) is 22.4 Å². The molecule has 0 radical (unpaired) electrons. The van der Waals surface area contributed by atoms with Gasteiger partial charge in [-0.05, 0) is 36.4 Å². The Morgan fingerprint density at radius 2 is 1.72 bits per heavy atom. The highest BCUT2D eigenvalue weighted by Gasteiger charge is 2.06. The molecule has 0 saturated heterocycles. The van der Waals surface area contributed by atoms with E-state index in [2.05, 4.69) is 9.97 Å². The fraction of sp³-hybridized carbons (Fsp3) is 0. The Morgan fingerprint density at radius 1 is 1.00 bits per heavy atom. The van der Waals surface area contributed by atoms with Gasteiger partial charge in [-0.25, -0.2) is 4.98 Å². The van der Waals surface area contributed by atoms with Gasteiger partial charge in [0.1, 0.15) is 5.82 Å². The van der Waals surface area contributed by atoms with Crippen LogP contribution in [0, 0.1) is 0 Å². The van der Waals surface area contributed by atoms with Crippen molar-refractivity contribution in [1.29, 1.82) is 0 Å². The van der Waals surface area contributed by atoms with Gasteiger partial charge in [-0.3, -0.25) is 0 Å². The van der Waals surface area contributed by atoms with E-state index in [4.69, 9.17) is 11.5 Å². The zero-order valence-corrected chi connectivity index (χ0v) is 9.47. The number of hydrogen-bond acceptors (Lipinski definition) is 4. The summed E-state index contributed by atoms with van der Waals surface area (Å²) in [6, 6.07) is 10.1. The first-order chi connectivity index (χ1) is 8.63. The van der Waals surface area contributed by atoms with E-state index >= 15 is 0 Å². The summed E-state index contributed by atoms with van der Waals surface area (Å²) in [5.74, 6) is 0.377. The lowest BCUT2D eigenvalue weighted by atomic mass is 10.2. The van der Waals surface area contributed by atoms with Crippen molar-refractivity contribution in [2.75, 3.05) is 11.5 Å². The first-order valence-corrected chi connectivity index (χ1v) is 5.45. The number of aromatic nitrogens is 2. The van der Waals surface area contributed by atoms with Crippen molar-refractivity contribution in [1.82, 2.24) is 9.97 Å². The zero-order valence-electron chi connectivity index (χ0n) is 9.47. The van der Waals surface area contributed by atoms with E-state index in [1.54, 1.807) is 24.3 Å². The van der Waals surface area contributed by atoms with Gasteiger partial charge >= 0.3 is 0 Å². The molecule has 5 N–H and O–H groups in total. The molecule has 0 atom stereocenters. The number of aromatic amines is 1. The summed E-state index contributed by atoms with van der Waals surface area (Å²) >= 11 is 0. The van der Waals surface area contributed by atoms with Gasteiger partial charge in [-0.15, -0.1) is 0 Å². The Balaban J connectivity index is 2.19. The molecule has 3 rings (SSSR count). The molecule has 5 nitrogen and oxygen atoms in total. The van der Waals surface area contributed by atoms with Crippen LogP contribution in [0.3, 0.4) is 0 Å². The monoisotopic (exact) mass is 239 g/mol. The largest absolute Gasteiger partial charge is 0.872 e. The number of hydrogen-bond donors (Lipinski definition) is 3. The fourth-order valence-corrected chi connectivity index (χ4v) is 1.89. The SMILES string of the molecule is Nc1ccc(-c2nc3ccc(N)cc3[nH]2)c([O-])c1.